The van der Waals surface area contributed by atoms with E-state index in [1.807, 2.05) is 6.92 Å². The van der Waals surface area contributed by atoms with E-state index in [4.69, 9.17) is 11.1 Å². The molecule has 1 aromatic heterocycles. The molecule has 15 heavy (non-hydrogen) atoms. The molecule has 82 valence electrons. The molecular weight excluding hydrogens is 198 g/mol. The van der Waals surface area contributed by atoms with Crippen LogP contribution >= 0.6 is 0 Å². The van der Waals surface area contributed by atoms with Crippen molar-refractivity contribution in [3.63, 3.8) is 0 Å². The smallest absolute Gasteiger partial charge is 0.307 e. The van der Waals surface area contributed by atoms with Gasteiger partial charge in [0.2, 0.25) is 0 Å². The zero-order valence-electron chi connectivity index (χ0n) is 8.38. The molecule has 0 fully saturated rings. The molecule has 1 aromatic rings. The Morgan fingerprint density at radius 1 is 1.87 bits per heavy atom. The number of nitrogens with one attached hydrogen (secondary N) is 1. The van der Waals surface area contributed by atoms with Crippen molar-refractivity contribution in [3.05, 3.63) is 22.5 Å². The van der Waals surface area contributed by atoms with E-state index in [2.05, 4.69) is 5.10 Å². The van der Waals surface area contributed by atoms with E-state index in [1.165, 1.54) is 17.1 Å². The molecule has 0 amide bonds. The van der Waals surface area contributed by atoms with E-state index in [0.717, 1.165) is 6.42 Å². The number of rotatable bonds is 5. The van der Waals surface area contributed by atoms with E-state index < -0.39 is 4.92 Å². The Kier molecular flexibility index (Phi) is 3.37. The van der Waals surface area contributed by atoms with E-state index in [1.54, 1.807) is 0 Å². The molecule has 0 bridgehead atoms. The zero-order chi connectivity index (χ0) is 11.4. The Bertz CT molecular complexity index is 373. The van der Waals surface area contributed by atoms with Gasteiger partial charge >= 0.3 is 5.69 Å². The number of nitro groups is 1. The molecule has 1 atom stereocenters. The lowest BCUT2D eigenvalue weighted by Crippen LogP contribution is -2.18. The normalized spacial score (nSPS) is 12.3. The summed E-state index contributed by atoms with van der Waals surface area (Å²) in [5, 5.41) is 21.5. The van der Waals surface area contributed by atoms with Gasteiger partial charge in [-0.3, -0.25) is 20.2 Å². The van der Waals surface area contributed by atoms with E-state index in [-0.39, 0.29) is 17.6 Å². The molecule has 1 heterocycles. The average molecular weight is 211 g/mol. The minimum Gasteiger partial charge on any atom is -0.388 e. The van der Waals surface area contributed by atoms with Crippen molar-refractivity contribution in [1.29, 1.82) is 5.41 Å². The first-order valence-corrected chi connectivity index (χ1v) is 4.56. The van der Waals surface area contributed by atoms with Crippen molar-refractivity contribution in [1.82, 2.24) is 9.78 Å². The summed E-state index contributed by atoms with van der Waals surface area (Å²) in [5.74, 6) is 0.0556. The van der Waals surface area contributed by atoms with Gasteiger partial charge in [-0.15, -0.1) is 0 Å². The predicted octanol–water partition coefficient (Wildman–Crippen LogP) is 1.07. The maximum absolute atomic E-state index is 10.4. The van der Waals surface area contributed by atoms with Crippen molar-refractivity contribution in [3.8, 4) is 0 Å². The number of hydrogen-bond acceptors (Lipinski definition) is 4. The van der Waals surface area contributed by atoms with Crippen molar-refractivity contribution in [2.24, 2.45) is 5.73 Å². The maximum atomic E-state index is 10.4. The summed E-state index contributed by atoms with van der Waals surface area (Å²) in [6, 6.07) is -0.0869. The van der Waals surface area contributed by atoms with Crippen LogP contribution in [0.1, 0.15) is 25.8 Å². The standard InChI is InChI=1S/C8H13N5O2/c1-2-6(3-8(9)10)12-5-7(4-11-12)13(14)15/h4-6H,2-3H2,1H3,(H3,9,10). The van der Waals surface area contributed by atoms with Gasteiger partial charge in [0.25, 0.3) is 0 Å². The topological polar surface area (TPSA) is 111 Å². The van der Waals surface area contributed by atoms with E-state index in [9.17, 15) is 10.1 Å². The minimum absolute atomic E-state index is 0.0444. The number of nitrogens with zero attached hydrogens (tertiary/aromatic N) is 3. The highest BCUT2D eigenvalue weighted by atomic mass is 16.6. The third kappa shape index (κ3) is 2.76. The molecule has 0 saturated carbocycles. The summed E-state index contributed by atoms with van der Waals surface area (Å²) in [4.78, 5) is 9.94. The molecule has 0 spiro atoms. The molecule has 1 unspecified atom stereocenters. The second kappa shape index (κ2) is 4.54. The molecule has 0 radical (unpaired) electrons. The predicted molar refractivity (Wildman–Crippen MR) is 54.7 cm³/mol. The minimum atomic E-state index is -0.496. The summed E-state index contributed by atoms with van der Waals surface area (Å²) in [6.07, 6.45) is 3.63. The van der Waals surface area contributed by atoms with Crippen LogP contribution in [0.25, 0.3) is 0 Å². The molecule has 1 rings (SSSR count). The fourth-order valence-corrected chi connectivity index (χ4v) is 1.30. The first-order chi connectivity index (χ1) is 7.04. The SMILES string of the molecule is CCC(CC(=N)N)n1cc([N+](=O)[O-])cn1. The first-order valence-electron chi connectivity index (χ1n) is 4.56. The van der Waals surface area contributed by atoms with Gasteiger partial charge in [-0.05, 0) is 6.42 Å². The summed E-state index contributed by atoms with van der Waals surface area (Å²) in [6.45, 7) is 1.92. The van der Waals surface area contributed by atoms with Gasteiger partial charge in [0.1, 0.15) is 12.4 Å². The largest absolute Gasteiger partial charge is 0.388 e. The molecule has 0 aliphatic heterocycles. The number of amidine groups is 1. The van der Waals surface area contributed by atoms with Crippen LogP contribution in [0.15, 0.2) is 12.4 Å². The first kappa shape index (κ1) is 11.2. The van der Waals surface area contributed by atoms with Gasteiger partial charge in [-0.1, -0.05) is 6.92 Å². The van der Waals surface area contributed by atoms with Crippen LogP contribution < -0.4 is 5.73 Å². The van der Waals surface area contributed by atoms with Gasteiger partial charge in [0.15, 0.2) is 0 Å². The van der Waals surface area contributed by atoms with Crippen LogP contribution in [0.2, 0.25) is 0 Å². The Labute approximate surface area is 86.5 Å². The molecule has 0 aliphatic rings. The third-order valence-corrected chi connectivity index (χ3v) is 2.10. The van der Waals surface area contributed by atoms with Crippen molar-refractivity contribution in [2.75, 3.05) is 0 Å². The van der Waals surface area contributed by atoms with Crippen molar-refractivity contribution in [2.45, 2.75) is 25.8 Å². The van der Waals surface area contributed by atoms with Crippen molar-refractivity contribution >= 4 is 11.5 Å². The van der Waals surface area contributed by atoms with Gasteiger partial charge in [-0.25, -0.2) is 0 Å². The fraction of sp³-hybridized carbons (Fsp3) is 0.500. The third-order valence-electron chi connectivity index (χ3n) is 2.10. The molecule has 7 nitrogen and oxygen atoms in total. The average Bonchev–Trinajstić information content (AvgIpc) is 2.62. The van der Waals surface area contributed by atoms with Gasteiger partial charge < -0.3 is 5.73 Å². The van der Waals surface area contributed by atoms with E-state index >= 15 is 0 Å². The second-order valence-corrected chi connectivity index (χ2v) is 3.23. The summed E-state index contributed by atoms with van der Waals surface area (Å²) in [5.41, 5.74) is 5.24. The highest BCUT2D eigenvalue weighted by Crippen LogP contribution is 2.18. The molecule has 3 N–H and O–H groups in total. The summed E-state index contributed by atoms with van der Waals surface area (Å²) < 4.78 is 1.49. The molecule has 0 saturated heterocycles. The Balaban J connectivity index is 2.83. The highest BCUT2D eigenvalue weighted by molar-refractivity contribution is 5.77. The van der Waals surface area contributed by atoms with Crippen LogP contribution in [-0.2, 0) is 0 Å². The van der Waals surface area contributed by atoms with Crippen LogP contribution in [0.5, 0.6) is 0 Å². The van der Waals surface area contributed by atoms with Gasteiger partial charge in [0.05, 0.1) is 16.8 Å². The lowest BCUT2D eigenvalue weighted by molar-refractivity contribution is -0.385. The summed E-state index contributed by atoms with van der Waals surface area (Å²) in [7, 11) is 0. The molecule has 0 aliphatic carbocycles. The molecule has 7 heteroatoms. The molecular formula is C8H13N5O2. The lowest BCUT2D eigenvalue weighted by atomic mass is 10.1. The Morgan fingerprint density at radius 2 is 2.53 bits per heavy atom. The maximum Gasteiger partial charge on any atom is 0.307 e. The van der Waals surface area contributed by atoms with Crippen LogP contribution in [-0.4, -0.2) is 20.5 Å². The molecule has 0 aromatic carbocycles. The number of hydrogen-bond donors (Lipinski definition) is 2. The van der Waals surface area contributed by atoms with Crippen molar-refractivity contribution < 1.29 is 4.92 Å². The van der Waals surface area contributed by atoms with Gasteiger partial charge in [0, 0.05) is 6.42 Å². The number of aromatic nitrogens is 2. The number of nitrogens with two attached hydrogens (primary N) is 1. The highest BCUT2D eigenvalue weighted by Gasteiger charge is 2.15. The fourth-order valence-electron chi connectivity index (χ4n) is 1.30. The Hall–Kier alpha value is -1.92. The zero-order valence-corrected chi connectivity index (χ0v) is 8.38. The van der Waals surface area contributed by atoms with Crippen LogP contribution in [0.4, 0.5) is 5.69 Å². The van der Waals surface area contributed by atoms with Crippen LogP contribution in [0, 0.1) is 15.5 Å². The van der Waals surface area contributed by atoms with Gasteiger partial charge in [-0.2, -0.15) is 5.10 Å². The quantitative estimate of drug-likeness (QED) is 0.328. The Morgan fingerprint density at radius 3 is 2.93 bits per heavy atom. The van der Waals surface area contributed by atoms with Crippen LogP contribution in [0.3, 0.4) is 0 Å². The van der Waals surface area contributed by atoms with E-state index in [0.29, 0.717) is 6.42 Å². The monoisotopic (exact) mass is 211 g/mol. The lowest BCUT2D eigenvalue weighted by Gasteiger charge is -2.13. The second-order valence-electron chi connectivity index (χ2n) is 3.23. The summed E-state index contributed by atoms with van der Waals surface area (Å²) >= 11 is 0.